The molecule has 0 saturated heterocycles. The molecule has 0 bridgehead atoms. The SMILES string of the molecule is CC(NC(=O)CC(O)(c1nccn1C)C(F)(F)F)c1ccc2c(c1)CCCC2. The van der Waals surface area contributed by atoms with E-state index < -0.39 is 36.0 Å². The highest BCUT2D eigenvalue weighted by molar-refractivity contribution is 5.77. The molecule has 0 fully saturated rings. The van der Waals surface area contributed by atoms with Crippen LogP contribution in [0, 0.1) is 0 Å². The summed E-state index contributed by atoms with van der Waals surface area (Å²) in [5, 5.41) is 12.9. The Bertz CT molecular complexity index is 863. The van der Waals surface area contributed by atoms with Crippen LogP contribution in [0.5, 0.6) is 0 Å². The third-order valence-corrected chi connectivity index (χ3v) is 5.33. The molecule has 2 N–H and O–H groups in total. The van der Waals surface area contributed by atoms with E-state index in [1.165, 1.54) is 24.4 Å². The Kier molecular flexibility index (Phi) is 5.52. The predicted octanol–water partition coefficient (Wildman–Crippen LogP) is 3.32. The minimum Gasteiger partial charge on any atom is -0.374 e. The lowest BCUT2D eigenvalue weighted by atomic mass is 9.89. The van der Waals surface area contributed by atoms with Crippen LogP contribution in [0.15, 0.2) is 30.6 Å². The lowest BCUT2D eigenvalue weighted by Crippen LogP contribution is -2.48. The van der Waals surface area contributed by atoms with Gasteiger partial charge < -0.3 is 15.0 Å². The first-order valence-corrected chi connectivity index (χ1v) is 9.30. The van der Waals surface area contributed by atoms with E-state index in [0.29, 0.717) is 0 Å². The number of nitrogens with one attached hydrogen (secondary N) is 1. The number of nitrogens with zero attached hydrogens (tertiary/aromatic N) is 2. The van der Waals surface area contributed by atoms with Crippen LogP contribution in [-0.4, -0.2) is 26.7 Å². The van der Waals surface area contributed by atoms with Crippen molar-refractivity contribution in [2.75, 3.05) is 0 Å². The largest absolute Gasteiger partial charge is 0.425 e. The third-order valence-electron chi connectivity index (χ3n) is 5.33. The number of hydrogen-bond acceptors (Lipinski definition) is 3. The number of imidazole rings is 1. The third kappa shape index (κ3) is 3.92. The second kappa shape index (κ2) is 7.58. The summed E-state index contributed by atoms with van der Waals surface area (Å²) in [7, 11) is 1.34. The average Bonchev–Trinajstić information content (AvgIpc) is 3.06. The first-order chi connectivity index (χ1) is 13.1. The van der Waals surface area contributed by atoms with E-state index in [4.69, 9.17) is 0 Å². The maximum absolute atomic E-state index is 13.6. The van der Waals surface area contributed by atoms with Crippen molar-refractivity contribution in [3.05, 3.63) is 53.1 Å². The second-order valence-corrected chi connectivity index (χ2v) is 7.42. The van der Waals surface area contributed by atoms with Crippen molar-refractivity contribution in [2.24, 2.45) is 7.05 Å². The monoisotopic (exact) mass is 395 g/mol. The number of aryl methyl sites for hydroxylation is 3. The molecule has 0 radical (unpaired) electrons. The molecule has 8 heteroatoms. The Morgan fingerprint density at radius 3 is 2.57 bits per heavy atom. The molecule has 2 atom stereocenters. The molecule has 0 saturated carbocycles. The smallest absolute Gasteiger partial charge is 0.374 e. The van der Waals surface area contributed by atoms with E-state index in [1.807, 2.05) is 18.2 Å². The summed E-state index contributed by atoms with van der Waals surface area (Å²) in [6, 6.07) is 5.45. The highest BCUT2D eigenvalue weighted by Gasteiger charge is 2.58. The summed E-state index contributed by atoms with van der Waals surface area (Å²) in [6.07, 6.45) is 0.505. The maximum Gasteiger partial charge on any atom is 0.425 e. The lowest BCUT2D eigenvalue weighted by Gasteiger charge is -2.30. The summed E-state index contributed by atoms with van der Waals surface area (Å²) < 4.78 is 41.8. The van der Waals surface area contributed by atoms with Gasteiger partial charge in [-0.2, -0.15) is 13.2 Å². The number of hydrogen-bond donors (Lipinski definition) is 2. The molecule has 1 aromatic heterocycles. The van der Waals surface area contributed by atoms with Gasteiger partial charge in [0, 0.05) is 19.4 Å². The summed E-state index contributed by atoms with van der Waals surface area (Å²) >= 11 is 0. The molecule has 1 aromatic carbocycles. The molecular weight excluding hydrogens is 371 g/mol. The number of benzene rings is 1. The van der Waals surface area contributed by atoms with Gasteiger partial charge in [-0.1, -0.05) is 18.2 Å². The van der Waals surface area contributed by atoms with Crippen LogP contribution in [-0.2, 0) is 30.3 Å². The molecule has 1 amide bonds. The summed E-state index contributed by atoms with van der Waals surface area (Å²) in [6.45, 7) is 1.72. The van der Waals surface area contributed by atoms with Crippen LogP contribution in [0.3, 0.4) is 0 Å². The Labute approximate surface area is 161 Å². The zero-order valence-electron chi connectivity index (χ0n) is 15.9. The highest BCUT2D eigenvalue weighted by Crippen LogP contribution is 2.40. The van der Waals surface area contributed by atoms with E-state index in [0.717, 1.165) is 42.0 Å². The minimum atomic E-state index is -5.04. The summed E-state index contributed by atoms with van der Waals surface area (Å²) in [4.78, 5) is 16.0. The highest BCUT2D eigenvalue weighted by atomic mass is 19.4. The van der Waals surface area contributed by atoms with Crippen LogP contribution < -0.4 is 5.32 Å². The quantitative estimate of drug-likeness (QED) is 0.816. The number of amides is 1. The van der Waals surface area contributed by atoms with Gasteiger partial charge in [-0.25, -0.2) is 4.98 Å². The van der Waals surface area contributed by atoms with E-state index in [2.05, 4.69) is 10.3 Å². The van der Waals surface area contributed by atoms with Crippen LogP contribution in [0.2, 0.25) is 0 Å². The molecule has 0 spiro atoms. The number of aromatic nitrogens is 2. The fourth-order valence-corrected chi connectivity index (χ4v) is 3.70. The first kappa shape index (κ1) is 20.4. The van der Waals surface area contributed by atoms with Gasteiger partial charge in [-0.15, -0.1) is 0 Å². The van der Waals surface area contributed by atoms with Crippen molar-refractivity contribution in [1.82, 2.24) is 14.9 Å². The number of alkyl halides is 3. The Hall–Kier alpha value is -2.35. The van der Waals surface area contributed by atoms with Crippen LogP contribution in [0.1, 0.15) is 54.7 Å². The van der Waals surface area contributed by atoms with Gasteiger partial charge in [0.2, 0.25) is 11.5 Å². The number of carbonyl (C=O) groups is 1. The van der Waals surface area contributed by atoms with Crippen molar-refractivity contribution >= 4 is 5.91 Å². The topological polar surface area (TPSA) is 67.2 Å². The molecule has 2 aromatic rings. The Balaban J connectivity index is 1.75. The van der Waals surface area contributed by atoms with E-state index in [1.54, 1.807) is 6.92 Å². The van der Waals surface area contributed by atoms with Gasteiger partial charge in [0.1, 0.15) is 0 Å². The Morgan fingerprint density at radius 2 is 1.96 bits per heavy atom. The van der Waals surface area contributed by atoms with Crippen molar-refractivity contribution in [2.45, 2.75) is 56.8 Å². The van der Waals surface area contributed by atoms with Gasteiger partial charge in [0.15, 0.2) is 5.82 Å². The average molecular weight is 395 g/mol. The van der Waals surface area contributed by atoms with E-state index >= 15 is 0 Å². The number of fused-ring (bicyclic) bond motifs is 1. The molecular formula is C20H24F3N3O2. The minimum absolute atomic E-state index is 0.474. The van der Waals surface area contributed by atoms with E-state index in [9.17, 15) is 23.1 Å². The van der Waals surface area contributed by atoms with Crippen molar-refractivity contribution < 1.29 is 23.1 Å². The summed E-state index contributed by atoms with van der Waals surface area (Å²) in [5.41, 5.74) is -0.00814. The van der Waals surface area contributed by atoms with Crippen LogP contribution in [0.25, 0.3) is 0 Å². The molecule has 152 valence electrons. The van der Waals surface area contributed by atoms with E-state index in [-0.39, 0.29) is 0 Å². The number of rotatable bonds is 5. The number of carbonyl (C=O) groups excluding carboxylic acids is 1. The maximum atomic E-state index is 13.6. The second-order valence-electron chi connectivity index (χ2n) is 7.42. The molecule has 1 aliphatic carbocycles. The van der Waals surface area contributed by atoms with Crippen LogP contribution in [0.4, 0.5) is 13.2 Å². The standard InChI is InChI=1S/C20H24F3N3O2/c1-13(15-8-7-14-5-3-4-6-16(14)11-15)25-17(27)12-19(28,20(21,22)23)18-24-9-10-26(18)2/h7-11,13,28H,3-6,12H2,1-2H3,(H,25,27). The van der Waals surface area contributed by atoms with Crippen LogP contribution >= 0.6 is 0 Å². The van der Waals surface area contributed by atoms with Crippen molar-refractivity contribution in [3.63, 3.8) is 0 Å². The van der Waals surface area contributed by atoms with Gasteiger partial charge >= 0.3 is 6.18 Å². The molecule has 28 heavy (non-hydrogen) atoms. The Morgan fingerprint density at radius 1 is 1.29 bits per heavy atom. The van der Waals surface area contributed by atoms with Crippen molar-refractivity contribution in [1.29, 1.82) is 0 Å². The first-order valence-electron chi connectivity index (χ1n) is 9.30. The van der Waals surface area contributed by atoms with Gasteiger partial charge in [0.25, 0.3) is 0 Å². The van der Waals surface area contributed by atoms with Crippen molar-refractivity contribution in [3.8, 4) is 0 Å². The molecule has 5 nitrogen and oxygen atoms in total. The molecule has 1 aliphatic rings. The number of halogens is 3. The fourth-order valence-electron chi connectivity index (χ4n) is 3.70. The zero-order valence-corrected chi connectivity index (χ0v) is 15.9. The normalized spacial score (nSPS) is 17.5. The zero-order chi connectivity index (χ0) is 20.5. The molecule has 0 aliphatic heterocycles. The number of aliphatic hydroxyl groups is 1. The molecule has 3 rings (SSSR count). The van der Waals surface area contributed by atoms with Gasteiger partial charge in [0.05, 0.1) is 12.5 Å². The predicted molar refractivity (Wildman–Crippen MR) is 97.4 cm³/mol. The van der Waals surface area contributed by atoms with Gasteiger partial charge in [-0.3, -0.25) is 4.79 Å². The van der Waals surface area contributed by atoms with Gasteiger partial charge in [-0.05, 0) is 49.3 Å². The molecule has 1 heterocycles. The fraction of sp³-hybridized carbons (Fsp3) is 0.500. The lowest BCUT2D eigenvalue weighted by molar-refractivity contribution is -0.271. The molecule has 2 unspecified atom stereocenters. The summed E-state index contributed by atoms with van der Waals surface area (Å²) in [5.74, 6) is -1.51.